The number of ketones is 1. The van der Waals surface area contributed by atoms with Crippen LogP contribution in [-0.4, -0.2) is 48.4 Å². The molecule has 1 aromatic carbocycles. The lowest BCUT2D eigenvalue weighted by atomic mass is 10.1. The van der Waals surface area contributed by atoms with Gasteiger partial charge in [0.2, 0.25) is 0 Å². The maximum Gasteiger partial charge on any atom is 0.176 e. The molecule has 104 valence electrons. The van der Waals surface area contributed by atoms with Gasteiger partial charge in [0.25, 0.3) is 0 Å². The van der Waals surface area contributed by atoms with Crippen LogP contribution in [0.4, 0.5) is 0 Å². The van der Waals surface area contributed by atoms with Gasteiger partial charge in [-0.05, 0) is 49.9 Å². The Morgan fingerprint density at radius 1 is 1.26 bits per heavy atom. The van der Waals surface area contributed by atoms with Crippen LogP contribution in [0.5, 0.6) is 5.75 Å². The molecule has 3 nitrogen and oxygen atoms in total. The van der Waals surface area contributed by atoms with Gasteiger partial charge in [0.1, 0.15) is 5.75 Å². The number of rotatable bonds is 5. The maximum absolute atomic E-state index is 12.2. The van der Waals surface area contributed by atoms with Gasteiger partial charge in [0.15, 0.2) is 5.78 Å². The summed E-state index contributed by atoms with van der Waals surface area (Å²) in [4.78, 5) is 14.5. The standard InChI is InChI=1S/C15H21NO2S/c1-2-18-14-6-4-13(5-7-14)15(17)12-16-8-3-10-19-11-9-16/h4-7H,2-3,8-12H2,1H3. The number of hydrogen-bond donors (Lipinski definition) is 0. The van der Waals surface area contributed by atoms with Crippen molar-refractivity contribution in [2.24, 2.45) is 0 Å². The van der Waals surface area contributed by atoms with Gasteiger partial charge >= 0.3 is 0 Å². The largest absolute Gasteiger partial charge is 0.494 e. The Morgan fingerprint density at radius 2 is 2.05 bits per heavy atom. The predicted molar refractivity (Wildman–Crippen MR) is 80.3 cm³/mol. The summed E-state index contributed by atoms with van der Waals surface area (Å²) >= 11 is 1.98. The lowest BCUT2D eigenvalue weighted by Crippen LogP contribution is -2.31. The third-order valence-corrected chi connectivity index (χ3v) is 4.22. The van der Waals surface area contributed by atoms with Crippen LogP contribution in [0.3, 0.4) is 0 Å². The van der Waals surface area contributed by atoms with E-state index in [2.05, 4.69) is 4.90 Å². The van der Waals surface area contributed by atoms with Crippen LogP contribution in [0.15, 0.2) is 24.3 Å². The molecule has 0 N–H and O–H groups in total. The Balaban J connectivity index is 1.91. The first-order valence-corrected chi connectivity index (χ1v) is 8.01. The highest BCUT2D eigenvalue weighted by Crippen LogP contribution is 2.14. The van der Waals surface area contributed by atoms with E-state index in [1.54, 1.807) is 0 Å². The molecule has 0 aliphatic carbocycles. The molecular formula is C15H21NO2S. The normalized spacial score (nSPS) is 16.9. The molecule has 19 heavy (non-hydrogen) atoms. The Hall–Kier alpha value is -1.00. The zero-order chi connectivity index (χ0) is 13.5. The van der Waals surface area contributed by atoms with Crippen LogP contribution in [0.2, 0.25) is 0 Å². The molecule has 0 aromatic heterocycles. The van der Waals surface area contributed by atoms with Gasteiger partial charge in [-0.2, -0.15) is 11.8 Å². The number of carbonyl (C=O) groups is 1. The van der Waals surface area contributed by atoms with Gasteiger partial charge in [-0.3, -0.25) is 9.69 Å². The molecule has 1 aromatic rings. The van der Waals surface area contributed by atoms with Crippen LogP contribution in [0.1, 0.15) is 23.7 Å². The SMILES string of the molecule is CCOc1ccc(C(=O)CN2CCCSCC2)cc1. The van der Waals surface area contributed by atoms with Crippen LogP contribution >= 0.6 is 11.8 Å². The molecule has 0 bridgehead atoms. The molecule has 1 saturated heterocycles. The summed E-state index contributed by atoms with van der Waals surface area (Å²) in [7, 11) is 0. The molecule has 2 rings (SSSR count). The third kappa shape index (κ3) is 4.55. The Bertz CT molecular complexity index is 397. The lowest BCUT2D eigenvalue weighted by molar-refractivity contribution is 0.0936. The average Bonchev–Trinajstić information content (AvgIpc) is 2.68. The van der Waals surface area contributed by atoms with Gasteiger partial charge in [-0.15, -0.1) is 0 Å². The van der Waals surface area contributed by atoms with Crippen LogP contribution in [0.25, 0.3) is 0 Å². The summed E-state index contributed by atoms with van der Waals surface area (Å²) in [5.41, 5.74) is 0.778. The van der Waals surface area contributed by atoms with Crippen molar-refractivity contribution in [3.05, 3.63) is 29.8 Å². The van der Waals surface area contributed by atoms with Crippen molar-refractivity contribution in [3.8, 4) is 5.75 Å². The number of nitrogens with zero attached hydrogens (tertiary/aromatic N) is 1. The molecule has 1 aliphatic heterocycles. The van der Waals surface area contributed by atoms with E-state index in [0.717, 1.165) is 30.2 Å². The van der Waals surface area contributed by atoms with Crippen molar-refractivity contribution in [1.82, 2.24) is 4.90 Å². The molecule has 4 heteroatoms. The highest BCUT2D eigenvalue weighted by atomic mass is 32.2. The van der Waals surface area contributed by atoms with E-state index in [0.29, 0.717) is 13.2 Å². The van der Waals surface area contributed by atoms with Gasteiger partial charge < -0.3 is 4.74 Å². The summed E-state index contributed by atoms with van der Waals surface area (Å²) in [6.07, 6.45) is 1.18. The quantitative estimate of drug-likeness (QED) is 0.775. The fraction of sp³-hybridized carbons (Fsp3) is 0.533. The number of Topliss-reactive ketones (excluding diaryl/α,β-unsaturated/α-hetero) is 1. The van der Waals surface area contributed by atoms with E-state index in [-0.39, 0.29) is 5.78 Å². The molecule has 0 saturated carbocycles. The van der Waals surface area contributed by atoms with E-state index in [9.17, 15) is 4.79 Å². The first kappa shape index (κ1) is 14.4. The van der Waals surface area contributed by atoms with Gasteiger partial charge in [-0.1, -0.05) is 0 Å². The topological polar surface area (TPSA) is 29.5 Å². The summed E-state index contributed by atoms with van der Waals surface area (Å²) in [5, 5.41) is 0. The first-order valence-electron chi connectivity index (χ1n) is 6.85. The molecule has 0 amide bonds. The summed E-state index contributed by atoms with van der Waals surface area (Å²) < 4.78 is 5.38. The maximum atomic E-state index is 12.2. The zero-order valence-corrected chi connectivity index (χ0v) is 12.2. The number of ether oxygens (including phenoxy) is 1. The summed E-state index contributed by atoms with van der Waals surface area (Å²) in [5.74, 6) is 3.38. The van der Waals surface area contributed by atoms with Crippen molar-refractivity contribution in [3.63, 3.8) is 0 Å². The van der Waals surface area contributed by atoms with E-state index in [1.807, 2.05) is 43.0 Å². The molecule has 1 aliphatic rings. The van der Waals surface area contributed by atoms with Crippen LogP contribution < -0.4 is 4.74 Å². The van der Waals surface area contributed by atoms with Crippen molar-refractivity contribution in [2.75, 3.05) is 37.7 Å². The zero-order valence-electron chi connectivity index (χ0n) is 11.4. The van der Waals surface area contributed by atoms with Crippen molar-refractivity contribution in [2.45, 2.75) is 13.3 Å². The highest BCUT2D eigenvalue weighted by molar-refractivity contribution is 7.99. The minimum Gasteiger partial charge on any atom is -0.494 e. The van der Waals surface area contributed by atoms with Gasteiger partial charge in [0.05, 0.1) is 13.2 Å². The van der Waals surface area contributed by atoms with Gasteiger partial charge in [0, 0.05) is 17.9 Å². The minimum atomic E-state index is 0.204. The van der Waals surface area contributed by atoms with Crippen LogP contribution in [-0.2, 0) is 0 Å². The van der Waals surface area contributed by atoms with E-state index >= 15 is 0 Å². The monoisotopic (exact) mass is 279 g/mol. The number of carbonyl (C=O) groups excluding carboxylic acids is 1. The first-order chi connectivity index (χ1) is 9.29. The fourth-order valence-corrected chi connectivity index (χ4v) is 3.08. The number of benzene rings is 1. The van der Waals surface area contributed by atoms with Crippen molar-refractivity contribution >= 4 is 17.5 Å². The van der Waals surface area contributed by atoms with Crippen LogP contribution in [0, 0.1) is 0 Å². The Kier molecular flexibility index (Phi) is 5.73. The second kappa shape index (κ2) is 7.56. The second-order valence-corrected chi connectivity index (χ2v) is 5.85. The smallest absolute Gasteiger partial charge is 0.176 e. The number of thioether (sulfide) groups is 1. The average molecular weight is 279 g/mol. The minimum absolute atomic E-state index is 0.204. The highest BCUT2D eigenvalue weighted by Gasteiger charge is 2.14. The Labute approximate surface area is 119 Å². The second-order valence-electron chi connectivity index (χ2n) is 4.62. The van der Waals surface area contributed by atoms with Crippen molar-refractivity contribution < 1.29 is 9.53 Å². The van der Waals surface area contributed by atoms with Crippen molar-refractivity contribution in [1.29, 1.82) is 0 Å². The number of hydrogen-bond acceptors (Lipinski definition) is 4. The fourth-order valence-electron chi connectivity index (χ4n) is 2.15. The molecule has 0 spiro atoms. The molecule has 1 heterocycles. The predicted octanol–water partition coefficient (Wildman–Crippen LogP) is 2.71. The summed E-state index contributed by atoms with van der Waals surface area (Å²) in [6, 6.07) is 7.46. The van der Waals surface area contributed by atoms with E-state index in [1.165, 1.54) is 12.2 Å². The van der Waals surface area contributed by atoms with Gasteiger partial charge in [-0.25, -0.2) is 0 Å². The molecule has 1 fully saturated rings. The molecule has 0 atom stereocenters. The van der Waals surface area contributed by atoms with E-state index < -0.39 is 0 Å². The summed E-state index contributed by atoms with van der Waals surface area (Å²) in [6.45, 7) is 5.20. The molecular weight excluding hydrogens is 258 g/mol. The molecule has 0 unspecified atom stereocenters. The lowest BCUT2D eigenvalue weighted by Gasteiger charge is -2.18. The van der Waals surface area contributed by atoms with E-state index in [4.69, 9.17) is 4.74 Å². The molecule has 0 radical (unpaired) electrons. The third-order valence-electron chi connectivity index (χ3n) is 3.17. The Morgan fingerprint density at radius 3 is 2.79 bits per heavy atom.